The SMILES string of the molecule is CC(=O)CC[NH+](C)CCC(c1ccccc1)c1ccccc1.[Cl-]. The van der Waals surface area contributed by atoms with Crippen LogP contribution in [0, 0.1) is 0 Å². The van der Waals surface area contributed by atoms with Gasteiger partial charge in [0.15, 0.2) is 0 Å². The predicted octanol–water partition coefficient (Wildman–Crippen LogP) is -0.294. The average molecular weight is 332 g/mol. The molecule has 2 nitrogen and oxygen atoms in total. The summed E-state index contributed by atoms with van der Waals surface area (Å²) in [5.41, 5.74) is 2.74. The standard InChI is InChI=1S/C20H25NO.ClH/c1-17(22)13-15-21(2)16-14-20(18-9-5-3-6-10-18)19-11-7-4-8-12-19;/h3-12,20H,13-16H2,1-2H3;1H. The molecule has 1 unspecified atom stereocenters. The largest absolute Gasteiger partial charge is 1.00 e. The van der Waals surface area contributed by atoms with Crippen LogP contribution < -0.4 is 17.3 Å². The predicted molar refractivity (Wildman–Crippen MR) is 91.3 cm³/mol. The van der Waals surface area contributed by atoms with Gasteiger partial charge in [-0.2, -0.15) is 0 Å². The molecule has 2 aromatic carbocycles. The first-order chi connectivity index (χ1) is 10.7. The summed E-state index contributed by atoms with van der Waals surface area (Å²) < 4.78 is 0. The van der Waals surface area contributed by atoms with Gasteiger partial charge in [-0.3, -0.25) is 4.79 Å². The Labute approximate surface area is 145 Å². The molecule has 0 fully saturated rings. The van der Waals surface area contributed by atoms with Crippen LogP contribution in [0.5, 0.6) is 0 Å². The number of nitrogens with one attached hydrogen (secondary N) is 1. The van der Waals surface area contributed by atoms with E-state index < -0.39 is 0 Å². The summed E-state index contributed by atoms with van der Waals surface area (Å²) in [6.07, 6.45) is 1.77. The van der Waals surface area contributed by atoms with Gasteiger partial charge in [-0.05, 0) is 18.1 Å². The zero-order valence-corrected chi connectivity index (χ0v) is 14.7. The first-order valence-electron chi connectivity index (χ1n) is 8.07. The monoisotopic (exact) mass is 331 g/mol. The minimum Gasteiger partial charge on any atom is -1.00 e. The third-order valence-electron chi connectivity index (χ3n) is 4.17. The van der Waals surface area contributed by atoms with E-state index in [0.717, 1.165) is 19.5 Å². The van der Waals surface area contributed by atoms with Gasteiger partial charge in [0.25, 0.3) is 0 Å². The number of carbonyl (C=O) groups is 1. The van der Waals surface area contributed by atoms with E-state index in [0.29, 0.717) is 12.3 Å². The topological polar surface area (TPSA) is 21.5 Å². The summed E-state index contributed by atoms with van der Waals surface area (Å²) in [6.45, 7) is 3.66. The Kier molecular flexibility index (Phi) is 8.60. The molecule has 2 aromatic rings. The lowest BCUT2D eigenvalue weighted by Gasteiger charge is -2.20. The maximum Gasteiger partial charge on any atom is 0.135 e. The van der Waals surface area contributed by atoms with E-state index in [9.17, 15) is 4.79 Å². The van der Waals surface area contributed by atoms with Crippen LogP contribution in [0.2, 0.25) is 0 Å². The van der Waals surface area contributed by atoms with E-state index >= 15 is 0 Å². The van der Waals surface area contributed by atoms with Crippen LogP contribution in [0.4, 0.5) is 0 Å². The number of ketones is 1. The van der Waals surface area contributed by atoms with E-state index in [1.165, 1.54) is 16.0 Å². The third-order valence-corrected chi connectivity index (χ3v) is 4.17. The molecule has 0 saturated heterocycles. The molecule has 0 saturated carbocycles. The summed E-state index contributed by atoms with van der Waals surface area (Å²) in [4.78, 5) is 12.5. The van der Waals surface area contributed by atoms with Gasteiger partial charge in [0.2, 0.25) is 0 Å². The van der Waals surface area contributed by atoms with E-state index in [1.807, 2.05) is 0 Å². The highest BCUT2D eigenvalue weighted by molar-refractivity contribution is 5.75. The second-order valence-corrected chi connectivity index (χ2v) is 6.07. The molecule has 2 rings (SSSR count). The smallest absolute Gasteiger partial charge is 0.135 e. The summed E-state index contributed by atoms with van der Waals surface area (Å²) in [6, 6.07) is 21.4. The molecular formula is C20H26ClNO. The van der Waals surface area contributed by atoms with Gasteiger partial charge in [0.05, 0.1) is 26.6 Å². The summed E-state index contributed by atoms with van der Waals surface area (Å²) in [7, 11) is 2.18. The summed E-state index contributed by atoms with van der Waals surface area (Å²) in [5, 5.41) is 0. The number of Topliss-reactive ketones (excluding diaryl/α,β-unsaturated/α-hetero) is 1. The van der Waals surface area contributed by atoms with Crippen molar-refractivity contribution in [2.45, 2.75) is 25.7 Å². The molecule has 124 valence electrons. The molecule has 0 radical (unpaired) electrons. The van der Waals surface area contributed by atoms with Crippen molar-refractivity contribution < 1.29 is 22.1 Å². The second-order valence-electron chi connectivity index (χ2n) is 6.07. The van der Waals surface area contributed by atoms with E-state index in [1.54, 1.807) is 6.92 Å². The maximum atomic E-state index is 11.1. The van der Waals surface area contributed by atoms with Gasteiger partial charge in [0.1, 0.15) is 5.78 Å². The maximum absolute atomic E-state index is 11.1. The molecule has 0 bridgehead atoms. The highest BCUT2D eigenvalue weighted by Crippen LogP contribution is 2.26. The molecule has 0 aliphatic heterocycles. The quantitative estimate of drug-likeness (QED) is 0.705. The minimum atomic E-state index is 0. The number of hydrogen-bond acceptors (Lipinski definition) is 1. The molecule has 0 aliphatic rings. The zero-order valence-electron chi connectivity index (χ0n) is 14.0. The molecule has 3 heteroatoms. The Hall–Kier alpha value is -1.64. The lowest BCUT2D eigenvalue weighted by atomic mass is 9.88. The highest BCUT2D eigenvalue weighted by atomic mass is 35.5. The van der Waals surface area contributed by atoms with Crippen molar-refractivity contribution in [3.63, 3.8) is 0 Å². The van der Waals surface area contributed by atoms with Crippen LogP contribution in [-0.2, 0) is 4.79 Å². The van der Waals surface area contributed by atoms with Crippen LogP contribution in [0.25, 0.3) is 0 Å². The Morgan fingerprint density at radius 3 is 1.83 bits per heavy atom. The molecular weight excluding hydrogens is 306 g/mol. The van der Waals surface area contributed by atoms with Gasteiger partial charge >= 0.3 is 0 Å². The Bertz CT molecular complexity index is 531. The number of hydrogen-bond donors (Lipinski definition) is 1. The molecule has 1 atom stereocenters. The van der Waals surface area contributed by atoms with Crippen molar-refractivity contribution >= 4 is 5.78 Å². The van der Waals surface area contributed by atoms with Gasteiger partial charge in [-0.25, -0.2) is 0 Å². The Morgan fingerprint density at radius 1 is 0.913 bits per heavy atom. The fourth-order valence-electron chi connectivity index (χ4n) is 2.80. The van der Waals surface area contributed by atoms with Crippen molar-refractivity contribution in [3.05, 3.63) is 71.8 Å². The van der Waals surface area contributed by atoms with Gasteiger partial charge in [-0.15, -0.1) is 0 Å². The van der Waals surface area contributed by atoms with Crippen molar-refractivity contribution in [2.75, 3.05) is 20.1 Å². The fraction of sp³-hybridized carbons (Fsp3) is 0.350. The molecule has 0 heterocycles. The molecule has 0 spiro atoms. The van der Waals surface area contributed by atoms with E-state index in [4.69, 9.17) is 0 Å². The molecule has 0 aromatic heterocycles. The van der Waals surface area contributed by atoms with Crippen LogP contribution in [0.3, 0.4) is 0 Å². The van der Waals surface area contributed by atoms with Crippen molar-refractivity contribution in [1.29, 1.82) is 0 Å². The Morgan fingerprint density at radius 2 is 1.39 bits per heavy atom. The summed E-state index contributed by atoms with van der Waals surface area (Å²) >= 11 is 0. The van der Waals surface area contributed by atoms with Crippen molar-refractivity contribution in [2.24, 2.45) is 0 Å². The number of carbonyl (C=O) groups excluding carboxylic acids is 1. The normalized spacial score (nSPS) is 11.8. The zero-order chi connectivity index (χ0) is 15.8. The van der Waals surface area contributed by atoms with E-state index in [2.05, 4.69) is 67.7 Å². The summed E-state index contributed by atoms with van der Waals surface area (Å²) in [5.74, 6) is 0.705. The van der Waals surface area contributed by atoms with Crippen molar-refractivity contribution in [3.8, 4) is 0 Å². The fourth-order valence-corrected chi connectivity index (χ4v) is 2.80. The second kappa shape index (κ2) is 10.2. The van der Waals surface area contributed by atoms with E-state index in [-0.39, 0.29) is 18.2 Å². The average Bonchev–Trinajstić information content (AvgIpc) is 2.55. The first-order valence-corrected chi connectivity index (χ1v) is 8.07. The lowest BCUT2D eigenvalue weighted by Crippen LogP contribution is -3.09. The lowest BCUT2D eigenvalue weighted by molar-refractivity contribution is -0.879. The third kappa shape index (κ3) is 6.55. The molecule has 0 aliphatic carbocycles. The van der Waals surface area contributed by atoms with Crippen LogP contribution in [0.1, 0.15) is 36.8 Å². The number of benzene rings is 2. The highest BCUT2D eigenvalue weighted by Gasteiger charge is 2.16. The molecule has 23 heavy (non-hydrogen) atoms. The van der Waals surface area contributed by atoms with Gasteiger partial charge < -0.3 is 17.3 Å². The number of halogens is 1. The number of quaternary nitrogens is 1. The molecule has 0 amide bonds. The van der Waals surface area contributed by atoms with Crippen LogP contribution >= 0.6 is 0 Å². The van der Waals surface area contributed by atoms with Gasteiger partial charge in [-0.1, -0.05) is 60.7 Å². The molecule has 1 N–H and O–H groups in total. The van der Waals surface area contributed by atoms with Gasteiger partial charge in [0, 0.05) is 12.3 Å². The Balaban J connectivity index is 0.00000264. The van der Waals surface area contributed by atoms with Crippen molar-refractivity contribution in [1.82, 2.24) is 0 Å². The number of rotatable bonds is 8. The minimum absolute atomic E-state index is 0. The van der Waals surface area contributed by atoms with Crippen LogP contribution in [-0.4, -0.2) is 25.9 Å². The first kappa shape index (κ1) is 19.4. The van der Waals surface area contributed by atoms with Crippen LogP contribution in [0.15, 0.2) is 60.7 Å².